The standard InChI is InChI=1S/C17H23N.C9H14.H3N/c1-6-9-10-13-15(4)17(5,14-18)16(11-7-2)12-8-3;1-2-7-4-5-9(7)6-8(9)3-1;/h6-7,9-13H,1,8H2,2-5H3;7-8H,1-6H2;1H3/b10-9-,11-7-,15-13+,16-12+;;. The summed E-state index contributed by atoms with van der Waals surface area (Å²) in [6.07, 6.45) is 24.0. The average molecular weight is 381 g/mol. The van der Waals surface area contributed by atoms with Gasteiger partial charge < -0.3 is 6.15 Å². The quantitative estimate of drug-likeness (QED) is 0.476. The van der Waals surface area contributed by atoms with Gasteiger partial charge in [-0.3, -0.25) is 0 Å². The molecule has 28 heavy (non-hydrogen) atoms. The smallest absolute Gasteiger partial charge is 0.100 e. The minimum Gasteiger partial charge on any atom is -0.344 e. The molecule has 3 saturated carbocycles. The van der Waals surface area contributed by atoms with E-state index < -0.39 is 5.41 Å². The van der Waals surface area contributed by atoms with Gasteiger partial charge in [0.15, 0.2) is 0 Å². The third-order valence-corrected chi connectivity index (χ3v) is 7.11. The van der Waals surface area contributed by atoms with Gasteiger partial charge in [0.2, 0.25) is 0 Å². The van der Waals surface area contributed by atoms with Crippen molar-refractivity contribution in [2.45, 2.75) is 72.6 Å². The zero-order chi connectivity index (χ0) is 19.9. The number of hydrogen-bond acceptors (Lipinski definition) is 2. The van der Waals surface area contributed by atoms with Crippen LogP contribution >= 0.6 is 0 Å². The first-order valence-electron chi connectivity index (χ1n) is 10.7. The predicted octanol–water partition coefficient (Wildman–Crippen LogP) is 7.87. The molecule has 0 aliphatic heterocycles. The zero-order valence-corrected chi connectivity index (χ0v) is 18.5. The molecule has 4 atom stereocenters. The highest BCUT2D eigenvalue weighted by Gasteiger charge is 2.64. The summed E-state index contributed by atoms with van der Waals surface area (Å²) in [5.74, 6) is 2.42. The Balaban J connectivity index is 0.000000319. The highest BCUT2D eigenvalue weighted by atomic mass is 14.7. The van der Waals surface area contributed by atoms with Gasteiger partial charge in [-0.2, -0.15) is 5.26 Å². The van der Waals surface area contributed by atoms with Crippen LogP contribution in [0, 0.1) is 34.0 Å². The van der Waals surface area contributed by atoms with Gasteiger partial charge in [-0.25, -0.2) is 0 Å². The number of allylic oxidation sites excluding steroid dienone is 9. The molecule has 4 unspecified atom stereocenters. The molecular weight excluding hydrogens is 340 g/mol. The molecule has 0 heterocycles. The number of rotatable bonds is 6. The van der Waals surface area contributed by atoms with E-state index in [0.717, 1.165) is 23.0 Å². The maximum atomic E-state index is 9.53. The molecule has 3 fully saturated rings. The van der Waals surface area contributed by atoms with E-state index in [0.29, 0.717) is 0 Å². The van der Waals surface area contributed by atoms with Crippen molar-refractivity contribution in [1.29, 1.82) is 5.26 Å². The van der Waals surface area contributed by atoms with Crippen molar-refractivity contribution in [3.05, 3.63) is 60.3 Å². The Morgan fingerprint density at radius 1 is 1.25 bits per heavy atom. The van der Waals surface area contributed by atoms with Crippen LogP contribution in [0.15, 0.2) is 60.3 Å². The van der Waals surface area contributed by atoms with E-state index in [2.05, 4.69) is 25.6 Å². The van der Waals surface area contributed by atoms with Crippen LogP contribution in [-0.4, -0.2) is 0 Å². The molecule has 0 aromatic heterocycles. The van der Waals surface area contributed by atoms with Crippen molar-refractivity contribution in [1.82, 2.24) is 6.15 Å². The van der Waals surface area contributed by atoms with Crippen molar-refractivity contribution in [2.24, 2.45) is 22.7 Å². The molecule has 0 saturated heterocycles. The van der Waals surface area contributed by atoms with E-state index in [1.54, 1.807) is 44.6 Å². The molecule has 3 rings (SSSR count). The van der Waals surface area contributed by atoms with E-state index in [1.165, 1.54) is 11.8 Å². The Kier molecular flexibility index (Phi) is 9.18. The predicted molar refractivity (Wildman–Crippen MR) is 122 cm³/mol. The van der Waals surface area contributed by atoms with Crippen molar-refractivity contribution in [3.8, 4) is 6.07 Å². The van der Waals surface area contributed by atoms with Gasteiger partial charge in [0.25, 0.3) is 0 Å². The maximum Gasteiger partial charge on any atom is 0.100 e. The van der Waals surface area contributed by atoms with Crippen molar-refractivity contribution in [2.75, 3.05) is 0 Å². The second-order valence-corrected chi connectivity index (χ2v) is 8.58. The lowest BCUT2D eigenvalue weighted by Gasteiger charge is -2.41. The molecule has 1 spiro atoms. The molecule has 3 aliphatic rings. The van der Waals surface area contributed by atoms with Gasteiger partial charge in [0.05, 0.1) is 6.07 Å². The van der Waals surface area contributed by atoms with Crippen LogP contribution in [0.25, 0.3) is 0 Å². The molecule has 0 bridgehead atoms. The largest absolute Gasteiger partial charge is 0.344 e. The van der Waals surface area contributed by atoms with E-state index in [4.69, 9.17) is 0 Å². The third kappa shape index (κ3) is 4.95. The fraction of sp³-hybridized carbons (Fsp3) is 0.577. The lowest BCUT2D eigenvalue weighted by Crippen LogP contribution is -2.31. The summed E-state index contributed by atoms with van der Waals surface area (Å²) in [5, 5.41) is 9.53. The van der Waals surface area contributed by atoms with Crippen molar-refractivity contribution >= 4 is 0 Å². The lowest BCUT2D eigenvalue weighted by atomic mass is 9.64. The molecule has 2 heteroatoms. The van der Waals surface area contributed by atoms with E-state index in [1.807, 2.05) is 51.2 Å². The first kappa shape index (κ1) is 24.2. The fourth-order valence-corrected chi connectivity index (χ4v) is 5.02. The van der Waals surface area contributed by atoms with Crippen LogP contribution in [0.5, 0.6) is 0 Å². The first-order valence-corrected chi connectivity index (χ1v) is 10.7. The summed E-state index contributed by atoms with van der Waals surface area (Å²) in [6.45, 7) is 11.6. The topological polar surface area (TPSA) is 58.8 Å². The van der Waals surface area contributed by atoms with Gasteiger partial charge in [-0.15, -0.1) is 0 Å². The maximum absolute atomic E-state index is 9.53. The highest BCUT2D eigenvalue weighted by molar-refractivity contribution is 5.42. The molecule has 154 valence electrons. The Hall–Kier alpha value is -1.85. The minimum absolute atomic E-state index is 0. The summed E-state index contributed by atoms with van der Waals surface area (Å²) in [5.41, 5.74) is 2.49. The zero-order valence-electron chi connectivity index (χ0n) is 18.5. The summed E-state index contributed by atoms with van der Waals surface area (Å²) in [4.78, 5) is 0. The van der Waals surface area contributed by atoms with Gasteiger partial charge in [-0.1, -0.05) is 62.5 Å². The second-order valence-electron chi connectivity index (χ2n) is 8.58. The molecule has 0 aromatic carbocycles. The fourth-order valence-electron chi connectivity index (χ4n) is 5.02. The Labute approximate surface area is 173 Å². The number of nitriles is 1. The van der Waals surface area contributed by atoms with Crippen molar-refractivity contribution in [3.63, 3.8) is 0 Å². The summed E-state index contributed by atoms with van der Waals surface area (Å²) >= 11 is 0. The normalized spacial score (nSPS) is 30.5. The summed E-state index contributed by atoms with van der Waals surface area (Å²) in [6, 6.07) is 2.43. The van der Waals surface area contributed by atoms with Crippen molar-refractivity contribution < 1.29 is 0 Å². The van der Waals surface area contributed by atoms with Crippen LogP contribution in [0.2, 0.25) is 0 Å². The Bertz CT molecular complexity index is 688. The van der Waals surface area contributed by atoms with Crippen LogP contribution in [0.1, 0.15) is 72.6 Å². The monoisotopic (exact) mass is 380 g/mol. The third-order valence-electron chi connectivity index (χ3n) is 7.11. The molecule has 2 nitrogen and oxygen atoms in total. The van der Waals surface area contributed by atoms with Crippen LogP contribution in [0.4, 0.5) is 0 Å². The summed E-state index contributed by atoms with van der Waals surface area (Å²) in [7, 11) is 0. The SMILES string of the molecule is C1CC2CCC23CC3C1.C=C/C=C\C=C(/C)C(C)(C#N)C(/C=C\C)=C/CC.N. The number of nitrogens with zero attached hydrogens (tertiary/aromatic N) is 1. The van der Waals surface area contributed by atoms with Crippen LogP contribution < -0.4 is 6.15 Å². The van der Waals surface area contributed by atoms with Crippen LogP contribution in [0.3, 0.4) is 0 Å². The van der Waals surface area contributed by atoms with Gasteiger partial charge >= 0.3 is 0 Å². The lowest BCUT2D eigenvalue weighted by molar-refractivity contribution is 0.0882. The van der Waals surface area contributed by atoms with Crippen LogP contribution in [-0.2, 0) is 0 Å². The van der Waals surface area contributed by atoms with Gasteiger partial charge in [0.1, 0.15) is 5.41 Å². The Morgan fingerprint density at radius 3 is 2.43 bits per heavy atom. The number of hydrogen-bond donors (Lipinski definition) is 1. The molecule has 3 aliphatic carbocycles. The molecule has 3 N–H and O–H groups in total. The molecule has 0 aromatic rings. The highest BCUT2D eigenvalue weighted by Crippen LogP contribution is 2.73. The Morgan fingerprint density at radius 2 is 1.96 bits per heavy atom. The van der Waals surface area contributed by atoms with E-state index >= 15 is 0 Å². The summed E-state index contributed by atoms with van der Waals surface area (Å²) < 4.78 is 0. The molecular formula is C26H40N2. The van der Waals surface area contributed by atoms with Gasteiger partial charge in [0, 0.05) is 0 Å². The second kappa shape index (κ2) is 10.6. The van der Waals surface area contributed by atoms with Gasteiger partial charge in [-0.05, 0) is 87.7 Å². The van der Waals surface area contributed by atoms with E-state index in [-0.39, 0.29) is 6.15 Å². The molecule has 0 amide bonds. The average Bonchev–Trinajstić information content (AvgIpc) is 3.41. The minimum atomic E-state index is -0.575. The van der Waals surface area contributed by atoms with E-state index in [9.17, 15) is 5.26 Å². The first-order chi connectivity index (χ1) is 13.0. The molecule has 0 radical (unpaired) electrons.